The average Bonchev–Trinajstić information content (AvgIpc) is 2.10. The summed E-state index contributed by atoms with van der Waals surface area (Å²) < 4.78 is 10.2. The lowest BCUT2D eigenvalue weighted by molar-refractivity contribution is -0.0446. The van der Waals surface area contributed by atoms with Crippen molar-refractivity contribution in [3.63, 3.8) is 0 Å². The molecule has 0 amide bonds. The highest BCUT2D eigenvalue weighted by molar-refractivity contribution is 4.79. The van der Waals surface area contributed by atoms with E-state index in [-0.39, 0.29) is 6.61 Å². The second-order valence-electron chi connectivity index (χ2n) is 2.40. The van der Waals surface area contributed by atoms with Gasteiger partial charge in [0.15, 0.2) is 0 Å². The number of unbranched alkanes of at least 4 members (excludes halogenated alkanes) is 1. The van der Waals surface area contributed by atoms with Crippen LogP contribution in [0.2, 0.25) is 0 Å². The van der Waals surface area contributed by atoms with Crippen LogP contribution in [0.1, 0.15) is 19.8 Å². The van der Waals surface area contributed by atoms with E-state index in [9.17, 15) is 0 Å². The van der Waals surface area contributed by atoms with E-state index >= 15 is 0 Å². The Hall–Kier alpha value is -0.380. The van der Waals surface area contributed by atoms with E-state index in [1.54, 1.807) is 12.2 Å². The molecule has 12 heavy (non-hydrogen) atoms. The van der Waals surface area contributed by atoms with Crippen LogP contribution >= 0.6 is 0 Å². The van der Waals surface area contributed by atoms with E-state index in [0.29, 0.717) is 13.4 Å². The monoisotopic (exact) mass is 174 g/mol. The lowest BCUT2D eigenvalue weighted by Crippen LogP contribution is -2.01. The third kappa shape index (κ3) is 9.62. The summed E-state index contributed by atoms with van der Waals surface area (Å²) >= 11 is 0. The first kappa shape index (κ1) is 11.6. The van der Waals surface area contributed by atoms with Crippen LogP contribution in [0, 0.1) is 0 Å². The van der Waals surface area contributed by atoms with Gasteiger partial charge in [-0.1, -0.05) is 25.5 Å². The van der Waals surface area contributed by atoms with Gasteiger partial charge in [-0.15, -0.1) is 0 Å². The van der Waals surface area contributed by atoms with E-state index in [4.69, 9.17) is 14.6 Å². The predicted octanol–water partition coefficient (Wildman–Crippen LogP) is 1.33. The van der Waals surface area contributed by atoms with Gasteiger partial charge in [-0.2, -0.15) is 0 Å². The number of aliphatic hydroxyl groups is 1. The highest BCUT2D eigenvalue weighted by Crippen LogP contribution is 1.88. The van der Waals surface area contributed by atoms with Gasteiger partial charge < -0.3 is 14.6 Å². The molecule has 1 N–H and O–H groups in total. The molecule has 3 nitrogen and oxygen atoms in total. The summed E-state index contributed by atoms with van der Waals surface area (Å²) in [6.45, 7) is 3.80. The Morgan fingerprint density at radius 3 is 2.75 bits per heavy atom. The zero-order valence-electron chi connectivity index (χ0n) is 7.66. The highest BCUT2D eigenvalue weighted by atomic mass is 16.7. The van der Waals surface area contributed by atoms with Crippen molar-refractivity contribution >= 4 is 0 Å². The smallest absolute Gasteiger partial charge is 0.147 e. The van der Waals surface area contributed by atoms with Gasteiger partial charge in [-0.25, -0.2) is 0 Å². The van der Waals surface area contributed by atoms with Crippen molar-refractivity contribution in [1.82, 2.24) is 0 Å². The van der Waals surface area contributed by atoms with Crippen molar-refractivity contribution in [2.45, 2.75) is 19.8 Å². The summed E-state index contributed by atoms with van der Waals surface area (Å²) in [4.78, 5) is 0. The van der Waals surface area contributed by atoms with Crippen molar-refractivity contribution in [1.29, 1.82) is 0 Å². The molecule has 3 heteroatoms. The van der Waals surface area contributed by atoms with Crippen LogP contribution in [-0.4, -0.2) is 31.7 Å². The molecule has 0 heterocycles. The number of rotatable bonds is 8. The largest absolute Gasteiger partial charge is 0.392 e. The minimum atomic E-state index is 0.0695. The van der Waals surface area contributed by atoms with Crippen molar-refractivity contribution in [3.8, 4) is 0 Å². The van der Waals surface area contributed by atoms with Gasteiger partial charge in [-0.05, 0) is 6.42 Å². The van der Waals surface area contributed by atoms with E-state index in [1.165, 1.54) is 0 Å². The SMILES string of the molecule is CCCCOCOC/C=C\CO. The molecule has 0 aliphatic carbocycles. The van der Waals surface area contributed by atoms with Gasteiger partial charge in [0, 0.05) is 6.61 Å². The second kappa shape index (κ2) is 10.6. The molecule has 0 spiro atoms. The fraction of sp³-hybridized carbons (Fsp3) is 0.778. The number of hydrogen-bond donors (Lipinski definition) is 1. The van der Waals surface area contributed by atoms with Gasteiger partial charge in [0.1, 0.15) is 6.79 Å². The molecule has 0 saturated heterocycles. The molecule has 0 aromatic heterocycles. The van der Waals surface area contributed by atoms with Gasteiger partial charge in [-0.3, -0.25) is 0 Å². The lowest BCUT2D eigenvalue weighted by atomic mass is 10.4. The minimum absolute atomic E-state index is 0.0695. The van der Waals surface area contributed by atoms with Gasteiger partial charge in [0.05, 0.1) is 13.2 Å². The van der Waals surface area contributed by atoms with Gasteiger partial charge >= 0.3 is 0 Å². The van der Waals surface area contributed by atoms with Crippen LogP contribution in [0.15, 0.2) is 12.2 Å². The zero-order chi connectivity index (χ0) is 9.07. The van der Waals surface area contributed by atoms with E-state index in [2.05, 4.69) is 6.92 Å². The Morgan fingerprint density at radius 2 is 2.08 bits per heavy atom. The molecule has 0 aromatic carbocycles. The minimum Gasteiger partial charge on any atom is -0.392 e. The highest BCUT2D eigenvalue weighted by Gasteiger charge is 1.85. The summed E-state index contributed by atoms with van der Waals surface area (Å²) in [5.41, 5.74) is 0. The van der Waals surface area contributed by atoms with Crippen LogP contribution in [0.3, 0.4) is 0 Å². The van der Waals surface area contributed by atoms with Crippen molar-refractivity contribution in [2.75, 3.05) is 26.6 Å². The number of hydrogen-bond acceptors (Lipinski definition) is 3. The molecule has 0 aliphatic heterocycles. The molecule has 0 aliphatic rings. The number of ether oxygens (including phenoxy) is 2. The summed E-state index contributed by atoms with van der Waals surface area (Å²) in [7, 11) is 0. The molecule has 0 radical (unpaired) electrons. The molecule has 0 rings (SSSR count). The molecular formula is C9H18O3. The van der Waals surface area contributed by atoms with Crippen LogP contribution in [-0.2, 0) is 9.47 Å². The maximum Gasteiger partial charge on any atom is 0.147 e. The molecule has 0 aromatic rings. The number of aliphatic hydroxyl groups excluding tert-OH is 1. The molecule has 72 valence electrons. The van der Waals surface area contributed by atoms with Crippen molar-refractivity contribution in [2.24, 2.45) is 0 Å². The second-order valence-corrected chi connectivity index (χ2v) is 2.40. The molecule has 0 fully saturated rings. The van der Waals surface area contributed by atoms with Crippen LogP contribution in [0.4, 0.5) is 0 Å². The Kier molecular flexibility index (Phi) is 10.3. The van der Waals surface area contributed by atoms with Gasteiger partial charge in [0.25, 0.3) is 0 Å². The fourth-order valence-electron chi connectivity index (χ4n) is 0.623. The summed E-state index contributed by atoms with van der Waals surface area (Å²) in [5, 5.41) is 8.37. The Morgan fingerprint density at radius 1 is 1.25 bits per heavy atom. The quantitative estimate of drug-likeness (QED) is 0.343. The lowest BCUT2D eigenvalue weighted by Gasteiger charge is -2.01. The van der Waals surface area contributed by atoms with Crippen LogP contribution < -0.4 is 0 Å². The average molecular weight is 174 g/mol. The third-order valence-corrected chi connectivity index (χ3v) is 1.30. The van der Waals surface area contributed by atoms with Crippen molar-refractivity contribution < 1.29 is 14.6 Å². The standard InChI is InChI=1S/C9H18O3/c1-2-3-7-11-9-12-8-5-4-6-10/h4-5,10H,2-3,6-9H2,1H3/b5-4-. The Bertz CT molecular complexity index is 102. The molecule has 0 atom stereocenters. The Labute approximate surface area is 74.0 Å². The molecule has 0 bridgehead atoms. The summed E-state index contributed by atoms with van der Waals surface area (Å²) in [6, 6.07) is 0. The summed E-state index contributed by atoms with van der Waals surface area (Å²) in [5.74, 6) is 0. The first-order chi connectivity index (χ1) is 5.91. The topological polar surface area (TPSA) is 38.7 Å². The third-order valence-electron chi connectivity index (χ3n) is 1.30. The van der Waals surface area contributed by atoms with Crippen LogP contribution in [0.25, 0.3) is 0 Å². The zero-order valence-corrected chi connectivity index (χ0v) is 7.66. The predicted molar refractivity (Wildman–Crippen MR) is 47.9 cm³/mol. The van der Waals surface area contributed by atoms with Crippen molar-refractivity contribution in [3.05, 3.63) is 12.2 Å². The Balaban J connectivity index is 2.86. The molecule has 0 unspecified atom stereocenters. The molecule has 0 saturated carbocycles. The van der Waals surface area contributed by atoms with Crippen LogP contribution in [0.5, 0.6) is 0 Å². The van der Waals surface area contributed by atoms with E-state index < -0.39 is 0 Å². The van der Waals surface area contributed by atoms with E-state index in [0.717, 1.165) is 19.4 Å². The van der Waals surface area contributed by atoms with E-state index in [1.807, 2.05) is 0 Å². The normalized spacial score (nSPS) is 11.2. The first-order valence-electron chi connectivity index (χ1n) is 4.33. The molecular weight excluding hydrogens is 156 g/mol. The first-order valence-corrected chi connectivity index (χ1v) is 4.33. The fourth-order valence-corrected chi connectivity index (χ4v) is 0.623. The maximum absolute atomic E-state index is 8.37. The van der Waals surface area contributed by atoms with Gasteiger partial charge in [0.2, 0.25) is 0 Å². The maximum atomic E-state index is 8.37. The summed E-state index contributed by atoms with van der Waals surface area (Å²) in [6.07, 6.45) is 5.63.